The van der Waals surface area contributed by atoms with Gasteiger partial charge in [-0.1, -0.05) is 23.4 Å². The van der Waals surface area contributed by atoms with Crippen LogP contribution in [-0.4, -0.2) is 28.1 Å². The van der Waals surface area contributed by atoms with E-state index in [4.69, 9.17) is 9.26 Å². The van der Waals surface area contributed by atoms with Crippen molar-refractivity contribution < 1.29 is 14.1 Å². The molecule has 3 rings (SSSR count). The van der Waals surface area contributed by atoms with Crippen LogP contribution in [0.4, 0.5) is 0 Å². The van der Waals surface area contributed by atoms with E-state index in [0.717, 1.165) is 5.39 Å². The van der Waals surface area contributed by atoms with Crippen molar-refractivity contribution in [2.75, 3.05) is 7.11 Å². The number of hydrogen-bond acceptors (Lipinski definition) is 6. The number of para-hydroxylation sites is 1. The van der Waals surface area contributed by atoms with Crippen LogP contribution in [0.25, 0.3) is 10.9 Å². The van der Waals surface area contributed by atoms with Crippen molar-refractivity contribution in [1.29, 1.82) is 0 Å². The lowest BCUT2D eigenvalue weighted by Gasteiger charge is -2.12. The van der Waals surface area contributed by atoms with Crippen molar-refractivity contribution in [3.63, 3.8) is 0 Å². The first kappa shape index (κ1) is 15.0. The maximum Gasteiger partial charge on any atom is 0.252 e. The molecule has 0 saturated carbocycles. The minimum atomic E-state index is -0.401. The van der Waals surface area contributed by atoms with E-state index in [2.05, 4.69) is 20.4 Å². The van der Waals surface area contributed by atoms with Crippen LogP contribution in [0.1, 0.15) is 35.0 Å². The van der Waals surface area contributed by atoms with Gasteiger partial charge in [-0.15, -0.1) is 0 Å². The molecule has 7 nitrogen and oxygen atoms in total. The van der Waals surface area contributed by atoms with E-state index in [9.17, 15) is 4.79 Å². The van der Waals surface area contributed by atoms with Crippen LogP contribution in [-0.2, 0) is 0 Å². The number of carbonyl (C=O) groups excluding carboxylic acids is 1. The first-order chi connectivity index (χ1) is 11.1. The summed E-state index contributed by atoms with van der Waals surface area (Å²) < 4.78 is 10.3. The highest BCUT2D eigenvalue weighted by Gasteiger charge is 2.19. The van der Waals surface area contributed by atoms with Crippen molar-refractivity contribution in [3.05, 3.63) is 47.6 Å². The summed E-state index contributed by atoms with van der Waals surface area (Å²) in [6.45, 7) is 3.51. The lowest BCUT2D eigenvalue weighted by atomic mass is 10.1. The lowest BCUT2D eigenvalue weighted by molar-refractivity contribution is 0.0933. The second-order valence-corrected chi connectivity index (χ2v) is 5.10. The summed E-state index contributed by atoms with van der Waals surface area (Å²) in [7, 11) is 1.52. The molecule has 0 aliphatic heterocycles. The van der Waals surface area contributed by atoms with Crippen molar-refractivity contribution >= 4 is 16.8 Å². The Hall–Kier alpha value is -2.96. The van der Waals surface area contributed by atoms with Crippen LogP contribution in [0.15, 0.2) is 34.9 Å². The molecule has 2 heterocycles. The molecule has 0 aliphatic rings. The first-order valence-electron chi connectivity index (χ1n) is 7.13. The van der Waals surface area contributed by atoms with Gasteiger partial charge in [0.2, 0.25) is 11.8 Å². The predicted molar refractivity (Wildman–Crippen MR) is 83.2 cm³/mol. The number of fused-ring (bicyclic) bond motifs is 1. The molecule has 0 unspecified atom stereocenters. The van der Waals surface area contributed by atoms with Gasteiger partial charge in [0.15, 0.2) is 5.82 Å². The van der Waals surface area contributed by atoms with Gasteiger partial charge < -0.3 is 14.6 Å². The monoisotopic (exact) mass is 312 g/mol. The molecule has 1 N–H and O–H groups in total. The van der Waals surface area contributed by atoms with Crippen LogP contribution in [0.2, 0.25) is 0 Å². The Balaban J connectivity index is 1.94. The molecule has 1 atom stereocenters. The molecular weight excluding hydrogens is 296 g/mol. The number of hydrogen-bond donors (Lipinski definition) is 1. The maximum atomic E-state index is 12.6. The number of methoxy groups -OCH3 is 1. The number of rotatable bonds is 4. The minimum absolute atomic E-state index is 0.259. The second kappa shape index (κ2) is 6.04. The number of amides is 1. The van der Waals surface area contributed by atoms with Crippen molar-refractivity contribution in [1.82, 2.24) is 20.4 Å². The zero-order valence-corrected chi connectivity index (χ0v) is 13.0. The van der Waals surface area contributed by atoms with Crippen molar-refractivity contribution in [3.8, 4) is 5.88 Å². The Morgan fingerprint density at radius 2 is 2.09 bits per heavy atom. The highest BCUT2D eigenvalue weighted by molar-refractivity contribution is 6.06. The first-order valence-corrected chi connectivity index (χ1v) is 7.13. The third-order valence-corrected chi connectivity index (χ3v) is 3.41. The fourth-order valence-corrected chi connectivity index (χ4v) is 2.27. The number of aromatic nitrogens is 3. The molecule has 1 aromatic carbocycles. The number of carbonyl (C=O) groups is 1. The zero-order valence-electron chi connectivity index (χ0n) is 13.0. The molecule has 3 aromatic rings. The van der Waals surface area contributed by atoms with Gasteiger partial charge in [0.1, 0.15) is 6.04 Å². The van der Waals surface area contributed by atoms with Gasteiger partial charge in [-0.2, -0.15) is 4.98 Å². The summed E-state index contributed by atoms with van der Waals surface area (Å²) in [5.41, 5.74) is 1.17. The molecule has 0 spiro atoms. The van der Waals surface area contributed by atoms with Gasteiger partial charge in [-0.05, 0) is 19.9 Å². The van der Waals surface area contributed by atoms with Gasteiger partial charge in [0, 0.05) is 11.5 Å². The van der Waals surface area contributed by atoms with Gasteiger partial charge in [0.25, 0.3) is 5.91 Å². The van der Waals surface area contributed by atoms with Gasteiger partial charge in [0.05, 0.1) is 18.2 Å². The molecule has 7 heteroatoms. The smallest absolute Gasteiger partial charge is 0.252 e. The van der Waals surface area contributed by atoms with E-state index in [1.807, 2.05) is 24.3 Å². The molecule has 2 aromatic heterocycles. The standard InChI is InChI=1S/C16H16N4O3/c1-9(16-18-10(2)20-23-16)17-15(21)12-8-14(22-3)19-13-7-5-4-6-11(12)13/h4-9H,1-3H3,(H,17,21)/t9-/m1/s1. The Morgan fingerprint density at radius 1 is 1.30 bits per heavy atom. The number of nitrogens with zero attached hydrogens (tertiary/aromatic N) is 3. The maximum absolute atomic E-state index is 12.6. The number of nitrogens with one attached hydrogen (secondary N) is 1. The van der Waals surface area contributed by atoms with Crippen molar-refractivity contribution in [2.45, 2.75) is 19.9 Å². The number of pyridine rings is 1. The summed E-state index contributed by atoms with van der Waals surface area (Å²) >= 11 is 0. The molecule has 0 bridgehead atoms. The Kier molecular flexibility index (Phi) is 3.92. The van der Waals surface area contributed by atoms with Crippen LogP contribution in [0.5, 0.6) is 5.88 Å². The molecule has 0 aliphatic carbocycles. The van der Waals surface area contributed by atoms with Crippen LogP contribution >= 0.6 is 0 Å². The molecular formula is C16H16N4O3. The van der Waals surface area contributed by atoms with Gasteiger partial charge >= 0.3 is 0 Å². The van der Waals surface area contributed by atoms with Gasteiger partial charge in [-0.25, -0.2) is 4.98 Å². The van der Waals surface area contributed by atoms with E-state index in [1.165, 1.54) is 7.11 Å². The largest absolute Gasteiger partial charge is 0.481 e. The molecule has 0 fully saturated rings. The topological polar surface area (TPSA) is 90.1 Å². The number of ether oxygens (including phenoxy) is 1. The Morgan fingerprint density at radius 3 is 2.78 bits per heavy atom. The fraction of sp³-hybridized carbons (Fsp3) is 0.250. The lowest BCUT2D eigenvalue weighted by Crippen LogP contribution is -2.27. The van der Waals surface area contributed by atoms with E-state index < -0.39 is 6.04 Å². The third kappa shape index (κ3) is 2.98. The average molecular weight is 312 g/mol. The van der Waals surface area contributed by atoms with E-state index in [0.29, 0.717) is 28.7 Å². The minimum Gasteiger partial charge on any atom is -0.481 e. The van der Waals surface area contributed by atoms with E-state index in [1.54, 1.807) is 19.9 Å². The average Bonchev–Trinajstić information content (AvgIpc) is 3.00. The normalized spacial score (nSPS) is 12.1. The van der Waals surface area contributed by atoms with Crippen LogP contribution in [0.3, 0.4) is 0 Å². The zero-order chi connectivity index (χ0) is 16.4. The summed E-state index contributed by atoms with van der Waals surface area (Å²) in [5, 5.41) is 7.33. The molecule has 0 radical (unpaired) electrons. The number of benzene rings is 1. The van der Waals surface area contributed by atoms with Crippen molar-refractivity contribution in [2.24, 2.45) is 0 Å². The SMILES string of the molecule is COc1cc(C(=O)N[C@H](C)c2nc(C)no2)c2ccccc2n1. The second-order valence-electron chi connectivity index (χ2n) is 5.10. The molecule has 23 heavy (non-hydrogen) atoms. The summed E-state index contributed by atoms with van der Waals surface area (Å²) in [6.07, 6.45) is 0. The highest BCUT2D eigenvalue weighted by atomic mass is 16.5. The van der Waals surface area contributed by atoms with Gasteiger partial charge in [-0.3, -0.25) is 4.79 Å². The van der Waals surface area contributed by atoms with Crippen LogP contribution in [0, 0.1) is 6.92 Å². The summed E-state index contributed by atoms with van der Waals surface area (Å²) in [5.74, 6) is 1.01. The summed E-state index contributed by atoms with van der Waals surface area (Å²) in [6, 6.07) is 8.61. The Labute approximate surface area is 132 Å². The summed E-state index contributed by atoms with van der Waals surface area (Å²) in [4.78, 5) is 21.1. The predicted octanol–water partition coefficient (Wildman–Crippen LogP) is 2.43. The van der Waals surface area contributed by atoms with Crippen LogP contribution < -0.4 is 10.1 Å². The Bertz CT molecular complexity index is 859. The molecule has 118 valence electrons. The van der Waals surface area contributed by atoms with E-state index in [-0.39, 0.29) is 5.91 Å². The quantitative estimate of drug-likeness (QED) is 0.795. The van der Waals surface area contributed by atoms with E-state index >= 15 is 0 Å². The molecule has 0 saturated heterocycles. The highest BCUT2D eigenvalue weighted by Crippen LogP contribution is 2.22. The molecule has 1 amide bonds. The number of aryl methyl sites for hydroxylation is 1. The third-order valence-electron chi connectivity index (χ3n) is 3.41. The fourth-order valence-electron chi connectivity index (χ4n) is 2.27.